The number of aryl methyl sites for hydroxylation is 1. The lowest BCUT2D eigenvalue weighted by Crippen LogP contribution is -2.49. The number of hydrogen-bond donors (Lipinski definition) is 1. The molecule has 0 aliphatic carbocycles. The van der Waals surface area contributed by atoms with Crippen LogP contribution in [0.1, 0.15) is 31.7 Å². The van der Waals surface area contributed by atoms with E-state index >= 15 is 0 Å². The molecule has 22 heavy (non-hydrogen) atoms. The average Bonchev–Trinajstić information content (AvgIpc) is 2.47. The van der Waals surface area contributed by atoms with Crippen LogP contribution in [-0.4, -0.2) is 29.9 Å². The fraction of sp³-hybridized carbons (Fsp3) is 0.562. The van der Waals surface area contributed by atoms with Gasteiger partial charge in [0.05, 0.1) is 0 Å². The van der Waals surface area contributed by atoms with Gasteiger partial charge in [0.15, 0.2) is 0 Å². The molecule has 0 spiro atoms. The van der Waals surface area contributed by atoms with Gasteiger partial charge in [-0.3, -0.25) is 4.79 Å². The Morgan fingerprint density at radius 2 is 2.23 bits per heavy atom. The van der Waals surface area contributed by atoms with Crippen LogP contribution < -0.4 is 5.73 Å². The van der Waals surface area contributed by atoms with Crippen molar-refractivity contribution < 1.29 is 4.79 Å². The van der Waals surface area contributed by atoms with Crippen LogP contribution in [0.5, 0.6) is 0 Å². The highest BCUT2D eigenvalue weighted by Gasteiger charge is 2.28. The van der Waals surface area contributed by atoms with Crippen LogP contribution in [0.25, 0.3) is 0 Å². The van der Waals surface area contributed by atoms with Crippen molar-refractivity contribution in [3.05, 3.63) is 33.3 Å². The summed E-state index contributed by atoms with van der Waals surface area (Å²) in [7, 11) is 0. The zero-order chi connectivity index (χ0) is 15.4. The molecule has 1 aliphatic heterocycles. The summed E-state index contributed by atoms with van der Waals surface area (Å²) < 4.78 is 1.00. The van der Waals surface area contributed by atoms with Gasteiger partial charge in [0, 0.05) is 35.0 Å². The topological polar surface area (TPSA) is 46.3 Å². The Bertz CT molecular complexity index is 513. The van der Waals surface area contributed by atoms with Crippen LogP contribution >= 0.6 is 39.9 Å². The molecule has 6 heteroatoms. The number of benzene rings is 1. The number of nitrogens with zero attached hydrogens (tertiary/aromatic N) is 1. The van der Waals surface area contributed by atoms with Gasteiger partial charge in [-0.1, -0.05) is 34.5 Å². The second-order valence-electron chi connectivity index (χ2n) is 5.84. The molecule has 1 aromatic carbocycles. The Morgan fingerprint density at radius 3 is 2.91 bits per heavy atom. The number of hydrogen-bond acceptors (Lipinski definition) is 2. The third kappa shape index (κ3) is 5.12. The first-order valence-electron chi connectivity index (χ1n) is 7.44. The van der Waals surface area contributed by atoms with Crippen LogP contribution in [0.3, 0.4) is 0 Å². The van der Waals surface area contributed by atoms with Gasteiger partial charge >= 0.3 is 0 Å². The summed E-state index contributed by atoms with van der Waals surface area (Å²) in [6.07, 6.45) is 3.29. The molecule has 3 nitrogen and oxygen atoms in total. The molecule has 1 heterocycles. The lowest BCUT2D eigenvalue weighted by Gasteiger charge is -2.38. The molecule has 1 saturated heterocycles. The Labute approximate surface area is 152 Å². The average molecular weight is 410 g/mol. The first-order valence-corrected chi connectivity index (χ1v) is 8.61. The number of amides is 1. The molecular formula is C16H23BrCl2N2O. The molecule has 0 aromatic heterocycles. The Morgan fingerprint density at radius 1 is 1.50 bits per heavy atom. The Hall–Kier alpha value is -0.290. The second-order valence-corrected chi connectivity index (χ2v) is 7.13. The number of carbonyl (C=O) groups excluding carboxylic acids is 1. The lowest BCUT2D eigenvalue weighted by atomic mass is 9.92. The van der Waals surface area contributed by atoms with E-state index < -0.39 is 0 Å². The molecule has 2 unspecified atom stereocenters. The van der Waals surface area contributed by atoms with Gasteiger partial charge in [0.1, 0.15) is 0 Å². The number of piperidine rings is 1. The van der Waals surface area contributed by atoms with Crippen molar-refractivity contribution >= 4 is 45.8 Å². The summed E-state index contributed by atoms with van der Waals surface area (Å²) in [5.41, 5.74) is 6.90. The highest BCUT2D eigenvalue weighted by Crippen LogP contribution is 2.25. The van der Waals surface area contributed by atoms with Crippen molar-refractivity contribution in [2.45, 2.75) is 38.6 Å². The van der Waals surface area contributed by atoms with E-state index in [1.54, 1.807) is 0 Å². The maximum absolute atomic E-state index is 12.5. The van der Waals surface area contributed by atoms with E-state index in [0.717, 1.165) is 29.4 Å². The highest BCUT2D eigenvalue weighted by atomic mass is 79.9. The predicted molar refractivity (Wildman–Crippen MR) is 97.7 cm³/mol. The summed E-state index contributed by atoms with van der Waals surface area (Å²) in [5, 5.41) is 0.701. The highest BCUT2D eigenvalue weighted by molar-refractivity contribution is 9.10. The van der Waals surface area contributed by atoms with Gasteiger partial charge in [-0.15, -0.1) is 12.4 Å². The standard InChI is InChI=1S/C16H22BrClN2O.ClH/c1-11-6-7-20(14(8-11)10-19)16(21)5-2-12-9-13(18)3-4-15(12)17;/h3-4,9,11,14H,2,5-8,10,19H2,1H3;1H. The predicted octanol–water partition coefficient (Wildman–Crippen LogP) is 4.04. The first kappa shape index (κ1) is 19.8. The molecule has 1 fully saturated rings. The van der Waals surface area contributed by atoms with Crippen molar-refractivity contribution in [1.29, 1.82) is 0 Å². The second kappa shape index (κ2) is 9.11. The molecule has 1 aromatic rings. The smallest absolute Gasteiger partial charge is 0.223 e. The van der Waals surface area contributed by atoms with Crippen LogP contribution in [0.15, 0.2) is 22.7 Å². The number of rotatable bonds is 4. The third-order valence-corrected chi connectivity index (χ3v) is 5.20. The molecule has 0 saturated carbocycles. The van der Waals surface area contributed by atoms with E-state index in [9.17, 15) is 4.79 Å². The zero-order valence-electron chi connectivity index (χ0n) is 12.7. The monoisotopic (exact) mass is 408 g/mol. The SMILES string of the molecule is CC1CCN(C(=O)CCc2cc(Cl)ccc2Br)C(CN)C1.Cl. The van der Waals surface area contributed by atoms with Crippen molar-refractivity contribution in [1.82, 2.24) is 4.90 Å². The molecule has 2 N–H and O–H groups in total. The molecule has 2 rings (SSSR count). The van der Waals surface area contributed by atoms with Crippen LogP contribution in [-0.2, 0) is 11.2 Å². The molecule has 1 amide bonds. The van der Waals surface area contributed by atoms with Crippen LogP contribution in [0.4, 0.5) is 0 Å². The quantitative estimate of drug-likeness (QED) is 0.815. The first-order chi connectivity index (χ1) is 10.0. The zero-order valence-corrected chi connectivity index (χ0v) is 15.9. The van der Waals surface area contributed by atoms with Gasteiger partial charge in [0.25, 0.3) is 0 Å². The van der Waals surface area contributed by atoms with Crippen LogP contribution in [0.2, 0.25) is 5.02 Å². The minimum atomic E-state index is 0. The van der Waals surface area contributed by atoms with E-state index in [4.69, 9.17) is 17.3 Å². The van der Waals surface area contributed by atoms with E-state index in [-0.39, 0.29) is 24.4 Å². The van der Waals surface area contributed by atoms with Gasteiger partial charge < -0.3 is 10.6 Å². The maximum atomic E-state index is 12.5. The summed E-state index contributed by atoms with van der Waals surface area (Å²) in [5.74, 6) is 0.855. The normalized spacial score (nSPS) is 21.4. The van der Waals surface area contributed by atoms with Gasteiger partial charge in [-0.2, -0.15) is 0 Å². The summed E-state index contributed by atoms with van der Waals surface area (Å²) in [6, 6.07) is 5.88. The minimum Gasteiger partial charge on any atom is -0.338 e. The maximum Gasteiger partial charge on any atom is 0.223 e. The Kier molecular flexibility index (Phi) is 8.19. The van der Waals surface area contributed by atoms with E-state index in [1.165, 1.54) is 0 Å². The minimum absolute atomic E-state index is 0. The van der Waals surface area contributed by atoms with Gasteiger partial charge in [0.2, 0.25) is 5.91 Å². The number of nitrogens with two attached hydrogens (primary N) is 1. The molecule has 2 atom stereocenters. The number of halogens is 3. The van der Waals surface area contributed by atoms with E-state index in [2.05, 4.69) is 22.9 Å². The van der Waals surface area contributed by atoms with Crippen LogP contribution in [0, 0.1) is 5.92 Å². The molecule has 1 aliphatic rings. The van der Waals surface area contributed by atoms with E-state index in [0.29, 0.717) is 30.3 Å². The molecule has 124 valence electrons. The van der Waals surface area contributed by atoms with Crippen molar-refractivity contribution in [3.63, 3.8) is 0 Å². The van der Waals surface area contributed by atoms with Crippen molar-refractivity contribution in [2.75, 3.05) is 13.1 Å². The van der Waals surface area contributed by atoms with E-state index in [1.807, 2.05) is 23.1 Å². The Balaban J connectivity index is 0.00000242. The van der Waals surface area contributed by atoms with Crippen molar-refractivity contribution in [2.24, 2.45) is 11.7 Å². The molecular weight excluding hydrogens is 387 g/mol. The van der Waals surface area contributed by atoms with Gasteiger partial charge in [-0.25, -0.2) is 0 Å². The summed E-state index contributed by atoms with van der Waals surface area (Å²) >= 11 is 9.52. The molecule has 0 bridgehead atoms. The molecule has 0 radical (unpaired) electrons. The summed E-state index contributed by atoms with van der Waals surface area (Å²) in [4.78, 5) is 14.4. The fourth-order valence-corrected chi connectivity index (χ4v) is 3.56. The fourth-order valence-electron chi connectivity index (χ4n) is 2.92. The van der Waals surface area contributed by atoms with Crippen molar-refractivity contribution in [3.8, 4) is 0 Å². The summed E-state index contributed by atoms with van der Waals surface area (Å²) in [6.45, 7) is 3.61. The number of likely N-dealkylation sites (tertiary alicyclic amines) is 1. The largest absolute Gasteiger partial charge is 0.338 e. The van der Waals surface area contributed by atoms with Gasteiger partial charge in [-0.05, 0) is 48.9 Å². The third-order valence-electron chi connectivity index (χ3n) is 4.19. The lowest BCUT2D eigenvalue weighted by molar-refractivity contribution is -0.135. The number of carbonyl (C=O) groups is 1.